The predicted octanol–water partition coefficient (Wildman–Crippen LogP) is 4.47. The molecule has 1 heterocycles. The second-order valence-electron chi connectivity index (χ2n) is 8.71. The number of nitrogens with two attached hydrogens (primary N) is 1. The number of hydrogen-bond acceptors (Lipinski definition) is 4. The van der Waals surface area contributed by atoms with Gasteiger partial charge in [0.25, 0.3) is 5.91 Å². The molecule has 0 fully saturated rings. The molecule has 1 aliphatic rings. The molecular formula is C30H26N4O2. The van der Waals surface area contributed by atoms with E-state index in [1.807, 2.05) is 115 Å². The Hall–Kier alpha value is -4.71. The first-order valence-electron chi connectivity index (χ1n) is 11.8. The molecule has 0 aliphatic carbocycles. The summed E-state index contributed by atoms with van der Waals surface area (Å²) >= 11 is 0. The molecule has 1 aliphatic heterocycles. The van der Waals surface area contributed by atoms with E-state index < -0.39 is 5.54 Å². The van der Waals surface area contributed by atoms with Gasteiger partial charge in [-0.1, -0.05) is 103 Å². The van der Waals surface area contributed by atoms with Crippen LogP contribution in [-0.2, 0) is 28.1 Å². The van der Waals surface area contributed by atoms with E-state index in [1.165, 1.54) is 4.90 Å². The molecule has 0 radical (unpaired) electrons. The molecule has 0 unspecified atom stereocenters. The van der Waals surface area contributed by atoms with Crippen molar-refractivity contribution in [3.63, 3.8) is 0 Å². The van der Waals surface area contributed by atoms with Crippen LogP contribution in [0.5, 0.6) is 0 Å². The van der Waals surface area contributed by atoms with E-state index in [9.17, 15) is 9.59 Å². The summed E-state index contributed by atoms with van der Waals surface area (Å²) in [5, 5.41) is 2.94. The largest absolute Gasteiger partial charge is 0.369 e. The van der Waals surface area contributed by atoms with Gasteiger partial charge in [-0.3, -0.25) is 14.5 Å². The van der Waals surface area contributed by atoms with Crippen LogP contribution in [0, 0.1) is 0 Å². The number of anilines is 1. The number of rotatable bonds is 7. The summed E-state index contributed by atoms with van der Waals surface area (Å²) in [6.45, 7) is 0.234. The minimum Gasteiger partial charge on any atom is -0.369 e. The molecule has 4 aromatic rings. The minimum absolute atomic E-state index is 0.108. The zero-order valence-corrected chi connectivity index (χ0v) is 19.7. The maximum absolute atomic E-state index is 14.0. The van der Waals surface area contributed by atoms with Crippen molar-refractivity contribution in [2.75, 3.05) is 5.32 Å². The Morgan fingerprint density at radius 2 is 1.33 bits per heavy atom. The monoisotopic (exact) mass is 474 g/mol. The maximum atomic E-state index is 14.0. The Labute approximate surface area is 210 Å². The van der Waals surface area contributed by atoms with Crippen molar-refractivity contribution in [1.29, 1.82) is 0 Å². The van der Waals surface area contributed by atoms with Crippen LogP contribution < -0.4 is 11.1 Å². The number of carbonyl (C=O) groups is 2. The van der Waals surface area contributed by atoms with Crippen molar-refractivity contribution in [1.82, 2.24) is 4.90 Å². The van der Waals surface area contributed by atoms with Gasteiger partial charge in [0.1, 0.15) is 0 Å². The standard InChI is InChI=1S/C30H26N4O2/c31-29-33-30(24-14-6-2-7-15-24,25-16-8-3-9-17-25)28(36)34(29)21-23-13-10-18-26(19-23)32-27(35)20-22-11-4-1-5-12-22/h1-19H,20-21H2,(H2,31,33)(H,32,35). The third-order valence-electron chi connectivity index (χ3n) is 6.26. The van der Waals surface area contributed by atoms with E-state index in [2.05, 4.69) is 5.32 Å². The molecule has 4 aromatic carbocycles. The van der Waals surface area contributed by atoms with Crippen molar-refractivity contribution >= 4 is 23.5 Å². The molecule has 3 N–H and O–H groups in total. The first kappa shape index (κ1) is 23.1. The molecule has 36 heavy (non-hydrogen) atoms. The number of nitrogens with one attached hydrogen (secondary N) is 1. The lowest BCUT2D eigenvalue weighted by Crippen LogP contribution is -2.43. The first-order chi connectivity index (χ1) is 17.6. The Kier molecular flexibility index (Phi) is 6.33. The maximum Gasteiger partial charge on any atom is 0.266 e. The summed E-state index contributed by atoms with van der Waals surface area (Å²) in [7, 11) is 0. The van der Waals surface area contributed by atoms with E-state index in [-0.39, 0.29) is 30.7 Å². The lowest BCUT2D eigenvalue weighted by Gasteiger charge is -2.27. The van der Waals surface area contributed by atoms with E-state index in [0.717, 1.165) is 22.3 Å². The smallest absolute Gasteiger partial charge is 0.266 e. The first-order valence-corrected chi connectivity index (χ1v) is 11.8. The van der Waals surface area contributed by atoms with E-state index in [0.29, 0.717) is 5.69 Å². The highest BCUT2D eigenvalue weighted by Gasteiger charge is 2.50. The Bertz CT molecular complexity index is 1360. The third kappa shape index (κ3) is 4.49. The van der Waals surface area contributed by atoms with Gasteiger partial charge in [0, 0.05) is 5.69 Å². The van der Waals surface area contributed by atoms with Gasteiger partial charge in [-0.25, -0.2) is 4.99 Å². The number of carbonyl (C=O) groups excluding carboxylic acids is 2. The second-order valence-corrected chi connectivity index (χ2v) is 8.71. The van der Waals surface area contributed by atoms with Crippen LogP contribution >= 0.6 is 0 Å². The van der Waals surface area contributed by atoms with Crippen molar-refractivity contribution in [3.05, 3.63) is 138 Å². The van der Waals surface area contributed by atoms with E-state index in [1.54, 1.807) is 0 Å². The fourth-order valence-corrected chi connectivity index (χ4v) is 4.55. The summed E-state index contributed by atoms with van der Waals surface area (Å²) in [6.07, 6.45) is 0.284. The fraction of sp³-hybridized carbons (Fsp3) is 0.100. The number of aliphatic imine (C=N–C) groups is 1. The summed E-state index contributed by atoms with van der Waals surface area (Å²) < 4.78 is 0. The van der Waals surface area contributed by atoms with Crippen molar-refractivity contribution in [3.8, 4) is 0 Å². The van der Waals surface area contributed by atoms with Crippen molar-refractivity contribution in [2.24, 2.45) is 10.7 Å². The van der Waals surface area contributed by atoms with Crippen LogP contribution in [0.15, 0.2) is 120 Å². The third-order valence-corrected chi connectivity index (χ3v) is 6.26. The molecule has 5 rings (SSSR count). The lowest BCUT2D eigenvalue weighted by atomic mass is 9.83. The van der Waals surface area contributed by atoms with E-state index in [4.69, 9.17) is 10.7 Å². The van der Waals surface area contributed by atoms with E-state index >= 15 is 0 Å². The molecule has 178 valence electrons. The summed E-state index contributed by atoms with van der Waals surface area (Å²) in [5.74, 6) is -0.161. The van der Waals surface area contributed by atoms with Gasteiger partial charge in [-0.15, -0.1) is 0 Å². The molecule has 6 nitrogen and oxygen atoms in total. The summed E-state index contributed by atoms with van der Waals surface area (Å²) in [5.41, 5.74) is 9.06. The Balaban J connectivity index is 1.39. The highest BCUT2D eigenvalue weighted by Crippen LogP contribution is 2.40. The number of nitrogens with zero attached hydrogens (tertiary/aromatic N) is 2. The number of guanidine groups is 1. The highest BCUT2D eigenvalue weighted by atomic mass is 16.2. The molecule has 6 heteroatoms. The topological polar surface area (TPSA) is 87.8 Å². The lowest BCUT2D eigenvalue weighted by molar-refractivity contribution is -0.130. The molecule has 0 bridgehead atoms. The Morgan fingerprint density at radius 3 is 1.94 bits per heavy atom. The van der Waals surface area contributed by atoms with Crippen LogP contribution in [-0.4, -0.2) is 22.7 Å². The number of hydrogen-bond donors (Lipinski definition) is 2. The Morgan fingerprint density at radius 1 is 0.778 bits per heavy atom. The van der Waals surface area contributed by atoms with Gasteiger partial charge in [-0.05, 0) is 34.4 Å². The minimum atomic E-state index is -1.24. The van der Waals surface area contributed by atoms with Crippen LogP contribution in [0.25, 0.3) is 0 Å². The predicted molar refractivity (Wildman–Crippen MR) is 141 cm³/mol. The van der Waals surface area contributed by atoms with Crippen LogP contribution in [0.1, 0.15) is 22.3 Å². The average Bonchev–Trinajstić information content (AvgIpc) is 3.16. The molecule has 0 atom stereocenters. The van der Waals surface area contributed by atoms with Gasteiger partial charge in [0.15, 0.2) is 11.5 Å². The molecule has 2 amide bonds. The quantitative estimate of drug-likeness (QED) is 0.414. The van der Waals surface area contributed by atoms with Crippen LogP contribution in [0.2, 0.25) is 0 Å². The highest BCUT2D eigenvalue weighted by molar-refractivity contribution is 6.09. The molecule has 0 spiro atoms. The van der Waals surface area contributed by atoms with Gasteiger partial charge >= 0.3 is 0 Å². The molecular weight excluding hydrogens is 448 g/mol. The van der Waals surface area contributed by atoms with Crippen molar-refractivity contribution < 1.29 is 9.59 Å². The zero-order chi connectivity index (χ0) is 25.0. The number of benzene rings is 4. The number of amides is 2. The normalized spacial score (nSPS) is 14.4. The van der Waals surface area contributed by atoms with Gasteiger partial charge < -0.3 is 11.1 Å². The molecule has 0 aromatic heterocycles. The van der Waals surface area contributed by atoms with Gasteiger partial charge in [0.2, 0.25) is 5.91 Å². The average molecular weight is 475 g/mol. The van der Waals surface area contributed by atoms with Gasteiger partial charge in [0.05, 0.1) is 13.0 Å². The zero-order valence-electron chi connectivity index (χ0n) is 19.7. The SMILES string of the molecule is NC1=NC(c2ccccc2)(c2ccccc2)C(=O)N1Cc1cccc(NC(=O)Cc2ccccc2)c1. The summed E-state index contributed by atoms with van der Waals surface area (Å²) in [4.78, 5) is 32.7. The second kappa shape index (κ2) is 9.88. The summed E-state index contributed by atoms with van der Waals surface area (Å²) in [6, 6.07) is 36.0. The van der Waals surface area contributed by atoms with Crippen LogP contribution in [0.4, 0.5) is 5.69 Å². The van der Waals surface area contributed by atoms with Gasteiger partial charge in [-0.2, -0.15) is 0 Å². The fourth-order valence-electron chi connectivity index (χ4n) is 4.55. The van der Waals surface area contributed by atoms with Crippen LogP contribution in [0.3, 0.4) is 0 Å². The van der Waals surface area contributed by atoms with Crippen molar-refractivity contribution in [2.45, 2.75) is 18.5 Å². The molecule has 0 saturated heterocycles. The molecule has 0 saturated carbocycles.